The number of hydrogen-bond acceptors (Lipinski definition) is 7. The van der Waals surface area contributed by atoms with Gasteiger partial charge in [-0.1, -0.05) is 23.5 Å². The summed E-state index contributed by atoms with van der Waals surface area (Å²) in [5.74, 6) is -0.493. The van der Waals surface area contributed by atoms with Gasteiger partial charge in [-0.3, -0.25) is 4.57 Å². The first-order chi connectivity index (χ1) is 12.5. The van der Waals surface area contributed by atoms with Crippen LogP contribution in [-0.4, -0.2) is 26.3 Å². The van der Waals surface area contributed by atoms with Crippen LogP contribution >= 0.6 is 18.9 Å². The van der Waals surface area contributed by atoms with Crippen LogP contribution in [0.3, 0.4) is 0 Å². The Bertz CT molecular complexity index is 940. The molecular formula is C17H18FN2O4PS. The normalized spacial score (nSPS) is 12.9. The second-order valence-corrected chi connectivity index (χ2v) is 8.71. The number of methoxy groups -OCH3 is 1. The molecule has 0 fully saturated rings. The van der Waals surface area contributed by atoms with E-state index in [-0.39, 0.29) is 5.82 Å². The van der Waals surface area contributed by atoms with Crippen molar-refractivity contribution in [2.45, 2.75) is 5.78 Å². The van der Waals surface area contributed by atoms with Gasteiger partial charge in [0.2, 0.25) is 0 Å². The van der Waals surface area contributed by atoms with Crippen molar-refractivity contribution in [3.8, 4) is 5.75 Å². The number of halogens is 1. The maximum Gasteiger partial charge on any atom is 0.356 e. The minimum Gasteiger partial charge on any atom is -0.497 e. The smallest absolute Gasteiger partial charge is 0.356 e. The third-order valence-corrected chi connectivity index (χ3v) is 6.89. The monoisotopic (exact) mass is 396 g/mol. The number of fused-ring (bicyclic) bond motifs is 1. The highest BCUT2D eigenvalue weighted by atomic mass is 32.1. The summed E-state index contributed by atoms with van der Waals surface area (Å²) in [6.07, 6.45) is 0. The Labute approximate surface area is 154 Å². The number of ether oxygens (including phenoxy) is 1. The van der Waals surface area contributed by atoms with Crippen molar-refractivity contribution in [1.82, 2.24) is 4.98 Å². The molecule has 1 atom stereocenters. The fourth-order valence-corrected chi connectivity index (χ4v) is 4.88. The number of nitrogens with zero attached hydrogens (tertiary/aromatic N) is 1. The predicted octanol–water partition coefficient (Wildman–Crippen LogP) is 5.04. The lowest BCUT2D eigenvalue weighted by Crippen LogP contribution is -2.13. The molecule has 0 aliphatic heterocycles. The van der Waals surface area contributed by atoms with Crippen molar-refractivity contribution in [3.05, 3.63) is 53.8 Å². The summed E-state index contributed by atoms with van der Waals surface area (Å²) in [6.45, 7) is 0. The fraction of sp³-hybridized carbons (Fsp3) is 0.235. The Balaban J connectivity index is 2.00. The van der Waals surface area contributed by atoms with Crippen LogP contribution in [0.2, 0.25) is 0 Å². The Hall–Kier alpha value is -1.99. The molecule has 2 aromatic carbocycles. The summed E-state index contributed by atoms with van der Waals surface area (Å²) in [5.41, 5.74) is 1.34. The highest BCUT2D eigenvalue weighted by molar-refractivity contribution is 7.54. The molecule has 0 unspecified atom stereocenters. The average Bonchev–Trinajstić information content (AvgIpc) is 3.08. The van der Waals surface area contributed by atoms with Crippen LogP contribution in [0, 0.1) is 5.82 Å². The van der Waals surface area contributed by atoms with Gasteiger partial charge in [0, 0.05) is 14.2 Å². The lowest BCUT2D eigenvalue weighted by atomic mass is 10.2. The quantitative estimate of drug-likeness (QED) is 0.564. The molecule has 6 nitrogen and oxygen atoms in total. The van der Waals surface area contributed by atoms with E-state index in [2.05, 4.69) is 10.3 Å². The van der Waals surface area contributed by atoms with Gasteiger partial charge >= 0.3 is 7.60 Å². The number of thiazole rings is 1. The van der Waals surface area contributed by atoms with Gasteiger partial charge < -0.3 is 19.1 Å². The van der Waals surface area contributed by atoms with Gasteiger partial charge in [-0.05, 0) is 35.9 Å². The van der Waals surface area contributed by atoms with Crippen LogP contribution < -0.4 is 10.1 Å². The Morgan fingerprint density at radius 2 is 1.81 bits per heavy atom. The lowest BCUT2D eigenvalue weighted by Gasteiger charge is -2.25. The SMILES string of the molecule is COc1ccc2nc(N[C@@H](c3ccc(F)cc3)P(=O)(OC)OC)sc2c1. The topological polar surface area (TPSA) is 69.7 Å². The van der Waals surface area contributed by atoms with Crippen molar-refractivity contribution in [1.29, 1.82) is 0 Å². The van der Waals surface area contributed by atoms with Crippen LogP contribution in [0.15, 0.2) is 42.5 Å². The van der Waals surface area contributed by atoms with E-state index in [1.165, 1.54) is 49.8 Å². The highest BCUT2D eigenvalue weighted by Crippen LogP contribution is 2.59. The average molecular weight is 396 g/mol. The van der Waals surface area contributed by atoms with Crippen molar-refractivity contribution in [2.75, 3.05) is 26.6 Å². The van der Waals surface area contributed by atoms with Gasteiger partial charge in [-0.15, -0.1) is 0 Å². The number of rotatable bonds is 7. The molecule has 1 N–H and O–H groups in total. The molecule has 0 amide bonds. The molecule has 138 valence electrons. The Morgan fingerprint density at radius 3 is 2.42 bits per heavy atom. The van der Waals surface area contributed by atoms with Gasteiger partial charge in [0.1, 0.15) is 11.6 Å². The second-order valence-electron chi connectivity index (χ2n) is 5.36. The molecule has 0 spiro atoms. The number of anilines is 1. The third-order valence-electron chi connectivity index (χ3n) is 3.87. The summed E-state index contributed by atoms with van der Waals surface area (Å²) >= 11 is 1.38. The van der Waals surface area contributed by atoms with Crippen molar-refractivity contribution in [3.63, 3.8) is 0 Å². The van der Waals surface area contributed by atoms with Gasteiger partial charge in [-0.25, -0.2) is 9.37 Å². The number of nitrogens with one attached hydrogen (secondary N) is 1. The molecule has 1 aromatic heterocycles. The van der Waals surface area contributed by atoms with Crippen LogP contribution in [0.4, 0.5) is 9.52 Å². The van der Waals surface area contributed by atoms with Crippen molar-refractivity contribution < 1.29 is 22.7 Å². The first-order valence-electron chi connectivity index (χ1n) is 7.67. The zero-order chi connectivity index (χ0) is 18.7. The van der Waals surface area contributed by atoms with Crippen LogP contribution in [0.1, 0.15) is 11.3 Å². The maximum absolute atomic E-state index is 13.3. The molecule has 0 aliphatic carbocycles. The zero-order valence-corrected chi connectivity index (χ0v) is 16.1. The molecule has 1 heterocycles. The summed E-state index contributed by atoms with van der Waals surface area (Å²) in [4.78, 5) is 4.50. The van der Waals surface area contributed by atoms with Gasteiger partial charge in [0.25, 0.3) is 0 Å². The minimum atomic E-state index is -3.54. The molecule has 0 bridgehead atoms. The van der Waals surface area contributed by atoms with Gasteiger partial charge in [-0.2, -0.15) is 0 Å². The van der Waals surface area contributed by atoms with E-state index in [1.54, 1.807) is 7.11 Å². The molecule has 26 heavy (non-hydrogen) atoms. The molecule has 3 rings (SSSR count). The molecule has 3 aromatic rings. The van der Waals surface area contributed by atoms with E-state index in [4.69, 9.17) is 13.8 Å². The Morgan fingerprint density at radius 1 is 1.12 bits per heavy atom. The first-order valence-corrected chi connectivity index (χ1v) is 10.1. The largest absolute Gasteiger partial charge is 0.497 e. The Kier molecular flexibility index (Phi) is 5.58. The number of benzene rings is 2. The molecular weight excluding hydrogens is 378 g/mol. The minimum absolute atomic E-state index is 0.385. The molecule has 9 heteroatoms. The van der Waals surface area contributed by atoms with Crippen molar-refractivity contribution in [2.24, 2.45) is 0 Å². The third kappa shape index (κ3) is 3.73. The standard InChI is InChI=1S/C17H18FN2O4PS/c1-22-13-8-9-14-15(10-13)26-17(19-14)20-16(25(21,23-2)24-3)11-4-6-12(18)7-5-11/h4-10,16H,1-3H3,(H,19,20)/t16-/m1/s1. The van der Waals surface area contributed by atoms with Gasteiger partial charge in [0.05, 0.1) is 17.3 Å². The predicted molar refractivity (Wildman–Crippen MR) is 101 cm³/mol. The van der Waals surface area contributed by atoms with E-state index >= 15 is 0 Å². The molecule has 0 aliphatic rings. The van der Waals surface area contributed by atoms with Crippen LogP contribution in [-0.2, 0) is 13.6 Å². The van der Waals surface area contributed by atoms with Crippen molar-refractivity contribution >= 4 is 34.3 Å². The van der Waals surface area contributed by atoms with E-state index in [0.717, 1.165) is 16.0 Å². The van der Waals surface area contributed by atoms with Gasteiger partial charge in [0.15, 0.2) is 10.9 Å². The first kappa shape index (κ1) is 18.8. The van der Waals surface area contributed by atoms with Crippen LogP contribution in [0.5, 0.6) is 5.75 Å². The summed E-state index contributed by atoms with van der Waals surface area (Å²) in [6, 6.07) is 11.2. The fourth-order valence-electron chi connectivity index (χ4n) is 2.49. The molecule has 0 saturated carbocycles. The number of hydrogen-bond donors (Lipinski definition) is 1. The zero-order valence-electron chi connectivity index (χ0n) is 14.4. The maximum atomic E-state index is 13.3. The highest BCUT2D eigenvalue weighted by Gasteiger charge is 2.36. The molecule has 0 radical (unpaired) electrons. The van der Waals surface area contributed by atoms with E-state index in [0.29, 0.717) is 10.7 Å². The van der Waals surface area contributed by atoms with E-state index < -0.39 is 13.4 Å². The van der Waals surface area contributed by atoms with E-state index in [9.17, 15) is 8.96 Å². The summed E-state index contributed by atoms with van der Waals surface area (Å²) in [7, 11) is 0.675. The van der Waals surface area contributed by atoms with E-state index in [1.807, 2.05) is 18.2 Å². The summed E-state index contributed by atoms with van der Waals surface area (Å²) < 4.78 is 42.7. The second kappa shape index (κ2) is 7.72. The lowest BCUT2D eigenvalue weighted by molar-refractivity contribution is 0.268. The molecule has 0 saturated heterocycles. The summed E-state index contributed by atoms with van der Waals surface area (Å²) in [5, 5.41) is 3.65. The van der Waals surface area contributed by atoms with Crippen LogP contribution in [0.25, 0.3) is 10.2 Å². The number of aromatic nitrogens is 1.